The third kappa shape index (κ3) is 3.74. The molecule has 1 aromatic carbocycles. The summed E-state index contributed by atoms with van der Waals surface area (Å²) in [5.74, 6) is -0.693. The molecule has 0 fully saturated rings. The molecule has 4 nitrogen and oxygen atoms in total. The SMILES string of the molecule is COC(=O)CCCN(C)c1ccc(F)cc1C#N. The van der Waals surface area contributed by atoms with E-state index >= 15 is 0 Å². The van der Waals surface area contributed by atoms with Gasteiger partial charge in [-0.1, -0.05) is 0 Å². The Morgan fingerprint density at radius 1 is 1.56 bits per heavy atom. The van der Waals surface area contributed by atoms with Gasteiger partial charge in [-0.25, -0.2) is 4.39 Å². The van der Waals surface area contributed by atoms with Crippen LogP contribution in [0.5, 0.6) is 0 Å². The van der Waals surface area contributed by atoms with Crippen molar-refractivity contribution in [3.8, 4) is 6.07 Å². The molecule has 0 saturated carbocycles. The van der Waals surface area contributed by atoms with Gasteiger partial charge >= 0.3 is 5.97 Å². The molecule has 1 rings (SSSR count). The van der Waals surface area contributed by atoms with E-state index in [0.29, 0.717) is 25.1 Å². The molecule has 0 spiro atoms. The topological polar surface area (TPSA) is 53.3 Å². The predicted molar refractivity (Wildman–Crippen MR) is 65.6 cm³/mol. The molecular formula is C13H15FN2O2. The minimum absolute atomic E-state index is 0.261. The average molecular weight is 250 g/mol. The second kappa shape index (κ2) is 6.60. The number of carbonyl (C=O) groups excluding carboxylic acids is 1. The van der Waals surface area contributed by atoms with Gasteiger partial charge in [0.1, 0.15) is 11.9 Å². The zero-order valence-electron chi connectivity index (χ0n) is 10.4. The molecule has 0 aromatic heterocycles. The molecule has 0 aliphatic carbocycles. The van der Waals surface area contributed by atoms with E-state index in [1.54, 1.807) is 13.1 Å². The number of methoxy groups -OCH3 is 1. The first-order chi connectivity index (χ1) is 8.58. The van der Waals surface area contributed by atoms with Crippen LogP contribution < -0.4 is 4.90 Å². The van der Waals surface area contributed by atoms with E-state index in [1.807, 2.05) is 11.0 Å². The number of nitriles is 1. The van der Waals surface area contributed by atoms with Crippen LogP contribution in [-0.2, 0) is 9.53 Å². The van der Waals surface area contributed by atoms with Crippen molar-refractivity contribution in [2.75, 3.05) is 25.6 Å². The Morgan fingerprint density at radius 2 is 2.28 bits per heavy atom. The largest absolute Gasteiger partial charge is 0.469 e. The standard InChI is InChI=1S/C13H15FN2O2/c1-16(7-3-4-13(17)18-2)12-6-5-11(14)8-10(12)9-15/h5-6,8H,3-4,7H2,1-2H3. The summed E-state index contributed by atoms with van der Waals surface area (Å²) < 4.78 is 17.5. The molecular weight excluding hydrogens is 235 g/mol. The lowest BCUT2D eigenvalue weighted by molar-refractivity contribution is -0.140. The van der Waals surface area contributed by atoms with Gasteiger partial charge in [0.2, 0.25) is 0 Å². The van der Waals surface area contributed by atoms with Crippen LogP contribution >= 0.6 is 0 Å². The van der Waals surface area contributed by atoms with Crippen molar-refractivity contribution >= 4 is 11.7 Å². The van der Waals surface area contributed by atoms with Crippen molar-refractivity contribution < 1.29 is 13.9 Å². The number of rotatable bonds is 5. The zero-order chi connectivity index (χ0) is 13.5. The quantitative estimate of drug-likeness (QED) is 0.751. The van der Waals surface area contributed by atoms with Crippen LogP contribution in [0.2, 0.25) is 0 Å². The van der Waals surface area contributed by atoms with Crippen molar-refractivity contribution in [2.45, 2.75) is 12.8 Å². The van der Waals surface area contributed by atoms with Crippen molar-refractivity contribution in [3.63, 3.8) is 0 Å². The molecule has 0 N–H and O–H groups in total. The van der Waals surface area contributed by atoms with Gasteiger partial charge in [0, 0.05) is 20.0 Å². The van der Waals surface area contributed by atoms with Crippen molar-refractivity contribution in [3.05, 3.63) is 29.6 Å². The summed E-state index contributed by atoms with van der Waals surface area (Å²) in [5, 5.41) is 8.93. The summed E-state index contributed by atoms with van der Waals surface area (Å²) in [5.41, 5.74) is 0.944. The van der Waals surface area contributed by atoms with Gasteiger partial charge < -0.3 is 9.64 Å². The Labute approximate surface area is 106 Å². The second-order valence-electron chi connectivity index (χ2n) is 3.87. The molecule has 0 unspecified atom stereocenters. The molecule has 0 amide bonds. The number of anilines is 1. The van der Waals surface area contributed by atoms with Gasteiger partial charge in [0.15, 0.2) is 0 Å². The Hall–Kier alpha value is -2.09. The van der Waals surface area contributed by atoms with E-state index in [1.165, 1.54) is 19.2 Å². The lowest BCUT2D eigenvalue weighted by atomic mass is 10.1. The zero-order valence-corrected chi connectivity index (χ0v) is 10.4. The molecule has 0 bridgehead atoms. The summed E-state index contributed by atoms with van der Waals surface area (Å²) in [6.45, 7) is 0.593. The van der Waals surface area contributed by atoms with Crippen LogP contribution in [0, 0.1) is 17.1 Å². The van der Waals surface area contributed by atoms with E-state index in [0.717, 1.165) is 0 Å². The summed E-state index contributed by atoms with van der Waals surface area (Å²) >= 11 is 0. The van der Waals surface area contributed by atoms with Crippen LogP contribution in [0.3, 0.4) is 0 Å². The summed E-state index contributed by atoms with van der Waals surface area (Å²) in [6.07, 6.45) is 0.940. The molecule has 0 aliphatic rings. The Kier molecular flexibility index (Phi) is 5.12. The number of benzene rings is 1. The maximum absolute atomic E-state index is 13.0. The van der Waals surface area contributed by atoms with E-state index < -0.39 is 5.82 Å². The predicted octanol–water partition coefficient (Wildman–Crippen LogP) is 2.09. The monoisotopic (exact) mass is 250 g/mol. The average Bonchev–Trinajstić information content (AvgIpc) is 2.37. The van der Waals surface area contributed by atoms with Crippen LogP contribution in [0.1, 0.15) is 18.4 Å². The molecule has 0 saturated heterocycles. The second-order valence-corrected chi connectivity index (χ2v) is 3.87. The summed E-state index contributed by atoms with van der Waals surface area (Å²) in [7, 11) is 3.14. The maximum atomic E-state index is 13.0. The van der Waals surface area contributed by atoms with E-state index in [-0.39, 0.29) is 11.5 Å². The van der Waals surface area contributed by atoms with Crippen molar-refractivity contribution in [1.29, 1.82) is 5.26 Å². The molecule has 0 aliphatic heterocycles. The first-order valence-corrected chi connectivity index (χ1v) is 5.56. The van der Waals surface area contributed by atoms with E-state index in [4.69, 9.17) is 5.26 Å². The first-order valence-electron chi connectivity index (χ1n) is 5.56. The van der Waals surface area contributed by atoms with Gasteiger partial charge in [-0.05, 0) is 24.6 Å². The Morgan fingerprint density at radius 3 is 2.89 bits per heavy atom. The maximum Gasteiger partial charge on any atom is 0.305 e. The third-order valence-electron chi connectivity index (χ3n) is 2.59. The van der Waals surface area contributed by atoms with Crippen LogP contribution in [0.25, 0.3) is 0 Å². The molecule has 18 heavy (non-hydrogen) atoms. The van der Waals surface area contributed by atoms with Crippen LogP contribution in [-0.4, -0.2) is 26.7 Å². The lowest BCUT2D eigenvalue weighted by Gasteiger charge is -2.20. The van der Waals surface area contributed by atoms with Gasteiger partial charge in [0.05, 0.1) is 18.4 Å². The fourth-order valence-corrected chi connectivity index (χ4v) is 1.61. The van der Waals surface area contributed by atoms with Crippen LogP contribution in [0.4, 0.5) is 10.1 Å². The number of hydrogen-bond donors (Lipinski definition) is 0. The molecule has 96 valence electrons. The van der Waals surface area contributed by atoms with Crippen molar-refractivity contribution in [2.24, 2.45) is 0 Å². The number of hydrogen-bond acceptors (Lipinski definition) is 4. The molecule has 5 heteroatoms. The van der Waals surface area contributed by atoms with Crippen molar-refractivity contribution in [1.82, 2.24) is 0 Å². The van der Waals surface area contributed by atoms with Crippen LogP contribution in [0.15, 0.2) is 18.2 Å². The molecule has 0 heterocycles. The molecule has 1 aromatic rings. The number of carbonyl (C=O) groups is 1. The van der Waals surface area contributed by atoms with Gasteiger partial charge in [-0.15, -0.1) is 0 Å². The highest BCUT2D eigenvalue weighted by Crippen LogP contribution is 2.20. The number of nitrogens with zero attached hydrogens (tertiary/aromatic N) is 2. The fourth-order valence-electron chi connectivity index (χ4n) is 1.61. The Bertz CT molecular complexity index is 469. The van der Waals surface area contributed by atoms with Gasteiger partial charge in [-0.2, -0.15) is 5.26 Å². The highest BCUT2D eigenvalue weighted by molar-refractivity contribution is 5.69. The van der Waals surface area contributed by atoms with Gasteiger partial charge in [0.25, 0.3) is 0 Å². The van der Waals surface area contributed by atoms with E-state index in [2.05, 4.69) is 4.74 Å². The first kappa shape index (κ1) is 14.0. The number of esters is 1. The molecule has 0 atom stereocenters. The highest BCUT2D eigenvalue weighted by atomic mass is 19.1. The summed E-state index contributed by atoms with van der Waals surface area (Å²) in [4.78, 5) is 12.8. The highest BCUT2D eigenvalue weighted by Gasteiger charge is 2.09. The number of halogens is 1. The minimum atomic E-state index is -0.432. The lowest BCUT2D eigenvalue weighted by Crippen LogP contribution is -2.20. The fraction of sp³-hybridized carbons (Fsp3) is 0.385. The van der Waals surface area contributed by atoms with E-state index in [9.17, 15) is 9.18 Å². The molecule has 0 radical (unpaired) electrons. The minimum Gasteiger partial charge on any atom is -0.469 e. The Balaban J connectivity index is 2.64. The summed E-state index contributed by atoms with van der Waals surface area (Å²) in [6, 6.07) is 6.03. The van der Waals surface area contributed by atoms with Gasteiger partial charge in [-0.3, -0.25) is 4.79 Å². The third-order valence-corrected chi connectivity index (χ3v) is 2.59. The number of ether oxygens (including phenoxy) is 1. The normalized spacial score (nSPS) is 9.67. The smallest absolute Gasteiger partial charge is 0.305 e.